The average Bonchev–Trinajstić information content (AvgIpc) is 2.98. The van der Waals surface area contributed by atoms with Gasteiger partial charge in [0.25, 0.3) is 12.3 Å². The number of ether oxygens (including phenoxy) is 1. The van der Waals surface area contributed by atoms with Gasteiger partial charge in [-0.15, -0.1) is 0 Å². The number of furan rings is 1. The van der Waals surface area contributed by atoms with Crippen LogP contribution in [0.25, 0.3) is 0 Å². The molecule has 0 radical (unpaired) electrons. The summed E-state index contributed by atoms with van der Waals surface area (Å²) in [5.74, 6) is 0.145. The van der Waals surface area contributed by atoms with Gasteiger partial charge in [-0.25, -0.2) is 13.8 Å². The third kappa shape index (κ3) is 4.51. The SMILES string of the molecule is Cc1ccc(C(C)(O)CNC(=O)c2cccnc2OCC(F)F)o1. The summed E-state index contributed by atoms with van der Waals surface area (Å²) >= 11 is 0. The zero-order valence-electron chi connectivity index (χ0n) is 13.3. The lowest BCUT2D eigenvalue weighted by Crippen LogP contribution is -2.38. The van der Waals surface area contributed by atoms with Gasteiger partial charge in [-0.2, -0.15) is 0 Å². The summed E-state index contributed by atoms with van der Waals surface area (Å²) in [7, 11) is 0. The molecule has 0 saturated heterocycles. The van der Waals surface area contributed by atoms with Crippen LogP contribution in [0.3, 0.4) is 0 Å². The Morgan fingerprint density at radius 3 is 2.83 bits per heavy atom. The molecule has 2 rings (SSSR count). The summed E-state index contributed by atoms with van der Waals surface area (Å²) in [6.07, 6.45) is -1.34. The number of hydrogen-bond acceptors (Lipinski definition) is 5. The molecule has 1 amide bonds. The van der Waals surface area contributed by atoms with Crippen LogP contribution in [0.1, 0.15) is 28.8 Å². The first-order chi connectivity index (χ1) is 11.3. The second-order valence-electron chi connectivity index (χ2n) is 5.43. The largest absolute Gasteiger partial charge is 0.471 e. The van der Waals surface area contributed by atoms with Crippen LogP contribution in [0.5, 0.6) is 5.88 Å². The first-order valence-electron chi connectivity index (χ1n) is 7.23. The van der Waals surface area contributed by atoms with Crippen LogP contribution in [0.2, 0.25) is 0 Å². The van der Waals surface area contributed by atoms with E-state index in [-0.39, 0.29) is 18.0 Å². The molecule has 8 heteroatoms. The number of pyridine rings is 1. The smallest absolute Gasteiger partial charge is 0.272 e. The average molecular weight is 340 g/mol. The standard InChI is InChI=1S/C16H18F2N2O4/c1-10-5-6-12(24-10)16(2,22)9-20-14(21)11-4-3-7-19-15(11)23-8-13(17)18/h3-7,13,22H,8-9H2,1-2H3,(H,20,21). The molecule has 0 aliphatic rings. The van der Waals surface area contributed by atoms with E-state index >= 15 is 0 Å². The topological polar surface area (TPSA) is 84.6 Å². The van der Waals surface area contributed by atoms with Crippen molar-refractivity contribution >= 4 is 5.91 Å². The number of carbonyl (C=O) groups is 1. The lowest BCUT2D eigenvalue weighted by Gasteiger charge is -2.21. The molecule has 24 heavy (non-hydrogen) atoms. The second-order valence-corrected chi connectivity index (χ2v) is 5.43. The number of hydrogen-bond donors (Lipinski definition) is 2. The maximum Gasteiger partial charge on any atom is 0.272 e. The molecule has 0 fully saturated rings. The van der Waals surface area contributed by atoms with E-state index in [1.54, 1.807) is 19.1 Å². The Labute approximate surface area is 137 Å². The van der Waals surface area contributed by atoms with Crippen LogP contribution in [0.4, 0.5) is 8.78 Å². The number of carbonyl (C=O) groups excluding carboxylic acids is 1. The van der Waals surface area contributed by atoms with Crippen LogP contribution in [-0.2, 0) is 5.60 Å². The highest BCUT2D eigenvalue weighted by Crippen LogP contribution is 2.22. The Hall–Kier alpha value is -2.48. The van der Waals surface area contributed by atoms with Gasteiger partial charge in [-0.1, -0.05) is 0 Å². The van der Waals surface area contributed by atoms with Crippen molar-refractivity contribution in [1.82, 2.24) is 10.3 Å². The maximum atomic E-state index is 12.3. The van der Waals surface area contributed by atoms with Crippen LogP contribution in [0, 0.1) is 6.92 Å². The number of alkyl halides is 2. The van der Waals surface area contributed by atoms with Crippen molar-refractivity contribution in [1.29, 1.82) is 0 Å². The molecule has 2 heterocycles. The van der Waals surface area contributed by atoms with Gasteiger partial charge in [-0.05, 0) is 38.1 Å². The van der Waals surface area contributed by atoms with Crippen molar-refractivity contribution < 1.29 is 27.8 Å². The van der Waals surface area contributed by atoms with Crippen molar-refractivity contribution in [2.75, 3.05) is 13.2 Å². The summed E-state index contributed by atoms with van der Waals surface area (Å²) in [4.78, 5) is 16.0. The summed E-state index contributed by atoms with van der Waals surface area (Å²) in [6, 6.07) is 6.19. The van der Waals surface area contributed by atoms with Crippen molar-refractivity contribution in [3.8, 4) is 5.88 Å². The first-order valence-corrected chi connectivity index (χ1v) is 7.23. The Kier molecular flexibility index (Phi) is 5.50. The second kappa shape index (κ2) is 7.39. The number of aromatic nitrogens is 1. The van der Waals surface area contributed by atoms with Crippen LogP contribution < -0.4 is 10.1 Å². The van der Waals surface area contributed by atoms with Gasteiger partial charge >= 0.3 is 0 Å². The fourth-order valence-electron chi connectivity index (χ4n) is 1.98. The van der Waals surface area contributed by atoms with Gasteiger partial charge in [-0.3, -0.25) is 4.79 Å². The minimum absolute atomic E-state index is 0.00424. The van der Waals surface area contributed by atoms with Crippen molar-refractivity contribution in [3.63, 3.8) is 0 Å². The Bertz CT molecular complexity index is 701. The number of rotatable bonds is 7. The Balaban J connectivity index is 2.04. The Morgan fingerprint density at radius 1 is 1.46 bits per heavy atom. The highest BCUT2D eigenvalue weighted by Gasteiger charge is 2.28. The predicted molar refractivity (Wildman–Crippen MR) is 81.1 cm³/mol. The summed E-state index contributed by atoms with van der Waals surface area (Å²) in [5.41, 5.74) is -1.42. The molecule has 0 bridgehead atoms. The van der Waals surface area contributed by atoms with Gasteiger partial charge in [0.15, 0.2) is 6.61 Å². The Morgan fingerprint density at radius 2 is 2.21 bits per heavy atom. The van der Waals surface area contributed by atoms with E-state index < -0.39 is 24.5 Å². The summed E-state index contributed by atoms with van der Waals surface area (Å²) in [5, 5.41) is 12.9. The highest BCUT2D eigenvalue weighted by molar-refractivity contribution is 5.96. The number of nitrogens with zero attached hydrogens (tertiary/aromatic N) is 1. The lowest BCUT2D eigenvalue weighted by atomic mass is 10.0. The minimum Gasteiger partial charge on any atom is -0.471 e. The van der Waals surface area contributed by atoms with Crippen molar-refractivity contribution in [2.45, 2.75) is 25.9 Å². The van der Waals surface area contributed by atoms with Gasteiger partial charge in [0.1, 0.15) is 22.7 Å². The third-order valence-corrected chi connectivity index (χ3v) is 3.23. The van der Waals surface area contributed by atoms with Crippen LogP contribution >= 0.6 is 0 Å². The first kappa shape index (κ1) is 17.9. The molecule has 2 aromatic rings. The highest BCUT2D eigenvalue weighted by atomic mass is 19.3. The molecule has 130 valence electrons. The van der Waals surface area contributed by atoms with E-state index in [0.29, 0.717) is 11.5 Å². The predicted octanol–water partition coefficient (Wildman–Crippen LogP) is 2.26. The molecule has 0 aliphatic carbocycles. The monoisotopic (exact) mass is 340 g/mol. The molecule has 0 aliphatic heterocycles. The van der Waals surface area contributed by atoms with E-state index in [1.807, 2.05) is 0 Å². The van der Waals surface area contributed by atoms with Gasteiger partial charge < -0.3 is 19.6 Å². The quantitative estimate of drug-likeness (QED) is 0.808. The normalized spacial score (nSPS) is 13.6. The summed E-state index contributed by atoms with van der Waals surface area (Å²) in [6.45, 7) is 2.23. The molecule has 1 atom stereocenters. The molecular weight excluding hydrogens is 322 g/mol. The van der Waals surface area contributed by atoms with E-state index in [1.165, 1.54) is 25.3 Å². The van der Waals surface area contributed by atoms with Crippen LogP contribution in [-0.4, -0.2) is 35.6 Å². The zero-order valence-corrected chi connectivity index (χ0v) is 13.3. The van der Waals surface area contributed by atoms with Gasteiger partial charge in [0.05, 0.1) is 6.54 Å². The van der Waals surface area contributed by atoms with Crippen molar-refractivity contribution in [3.05, 3.63) is 47.5 Å². The van der Waals surface area contributed by atoms with Gasteiger partial charge in [0, 0.05) is 6.20 Å². The molecule has 2 aromatic heterocycles. The molecule has 6 nitrogen and oxygen atoms in total. The van der Waals surface area contributed by atoms with Crippen LogP contribution in [0.15, 0.2) is 34.9 Å². The van der Waals surface area contributed by atoms with E-state index in [0.717, 1.165) is 0 Å². The van der Waals surface area contributed by atoms with Gasteiger partial charge in [0.2, 0.25) is 5.88 Å². The van der Waals surface area contributed by atoms with Crippen molar-refractivity contribution in [2.24, 2.45) is 0 Å². The summed E-state index contributed by atoms with van der Waals surface area (Å²) < 4.78 is 34.7. The number of aryl methyl sites for hydroxylation is 1. The van der Waals surface area contributed by atoms with E-state index in [2.05, 4.69) is 10.3 Å². The number of nitrogens with one attached hydrogen (secondary N) is 1. The number of aliphatic hydroxyl groups is 1. The molecule has 0 spiro atoms. The van der Waals surface area contributed by atoms with E-state index in [4.69, 9.17) is 9.15 Å². The molecule has 0 aromatic carbocycles. The molecule has 0 saturated carbocycles. The molecule has 2 N–H and O–H groups in total. The molecular formula is C16H18F2N2O4. The fraction of sp³-hybridized carbons (Fsp3) is 0.375. The zero-order chi connectivity index (χ0) is 17.7. The third-order valence-electron chi connectivity index (χ3n) is 3.23. The molecule has 1 unspecified atom stereocenters. The minimum atomic E-state index is -2.68. The number of halogens is 2. The number of amides is 1. The fourth-order valence-corrected chi connectivity index (χ4v) is 1.98. The maximum absolute atomic E-state index is 12.3. The van der Waals surface area contributed by atoms with E-state index in [9.17, 15) is 18.7 Å². The lowest BCUT2D eigenvalue weighted by molar-refractivity contribution is 0.0322.